The third-order valence-corrected chi connectivity index (χ3v) is 2.03. The fourth-order valence-corrected chi connectivity index (χ4v) is 1.18. The molecule has 1 heterocycles. The molecule has 0 unspecified atom stereocenters. The van der Waals surface area contributed by atoms with Gasteiger partial charge in [-0.2, -0.15) is 5.10 Å². The molecule has 0 aromatic carbocycles. The van der Waals surface area contributed by atoms with Crippen molar-refractivity contribution in [1.29, 1.82) is 0 Å². The Bertz CT molecular complexity index is 299. The zero-order valence-corrected chi connectivity index (χ0v) is 10.0. The maximum atomic E-state index is 5.74. The highest BCUT2D eigenvalue weighted by molar-refractivity contribution is 5.07. The van der Waals surface area contributed by atoms with Gasteiger partial charge in [0.1, 0.15) is 0 Å². The van der Waals surface area contributed by atoms with Crippen molar-refractivity contribution < 1.29 is 4.74 Å². The van der Waals surface area contributed by atoms with Crippen LogP contribution in [-0.2, 0) is 11.3 Å². The quantitative estimate of drug-likeness (QED) is 0.825. The first-order valence-corrected chi connectivity index (χ1v) is 5.30. The number of nitrogens with two attached hydrogens (primary N) is 1. The Balaban J connectivity index is 2.38. The first-order chi connectivity index (χ1) is 6.88. The standard InChI is InChI=1S/C11H21N3O/c1-9(12)10-7-13-14(8-10)5-6-15-11(2,3)4/h7-9H,5-6,12H2,1-4H3/t9-/m1/s1. The first-order valence-electron chi connectivity index (χ1n) is 5.30. The van der Waals surface area contributed by atoms with Gasteiger partial charge in [0.15, 0.2) is 0 Å². The van der Waals surface area contributed by atoms with E-state index < -0.39 is 0 Å². The van der Waals surface area contributed by atoms with Gasteiger partial charge in [0, 0.05) is 17.8 Å². The zero-order valence-electron chi connectivity index (χ0n) is 10.0. The Labute approximate surface area is 91.4 Å². The molecule has 0 bridgehead atoms. The molecule has 0 spiro atoms. The molecule has 4 nitrogen and oxygen atoms in total. The lowest BCUT2D eigenvalue weighted by molar-refractivity contribution is -0.00790. The predicted molar refractivity (Wildman–Crippen MR) is 60.5 cm³/mol. The molecule has 15 heavy (non-hydrogen) atoms. The number of aromatic nitrogens is 2. The van der Waals surface area contributed by atoms with E-state index in [0.717, 1.165) is 12.1 Å². The summed E-state index contributed by atoms with van der Waals surface area (Å²) < 4.78 is 7.48. The van der Waals surface area contributed by atoms with E-state index in [-0.39, 0.29) is 11.6 Å². The van der Waals surface area contributed by atoms with Gasteiger partial charge in [-0.3, -0.25) is 4.68 Å². The van der Waals surface area contributed by atoms with Crippen molar-refractivity contribution >= 4 is 0 Å². The minimum atomic E-state index is -0.0862. The van der Waals surface area contributed by atoms with Crippen LogP contribution in [0.4, 0.5) is 0 Å². The van der Waals surface area contributed by atoms with Crippen LogP contribution < -0.4 is 5.73 Å². The molecule has 0 aliphatic carbocycles. The summed E-state index contributed by atoms with van der Waals surface area (Å²) in [6.07, 6.45) is 3.78. The molecular weight excluding hydrogens is 190 g/mol. The maximum absolute atomic E-state index is 5.74. The van der Waals surface area contributed by atoms with Gasteiger partial charge in [-0.05, 0) is 27.7 Å². The highest BCUT2D eigenvalue weighted by atomic mass is 16.5. The van der Waals surface area contributed by atoms with E-state index in [1.54, 1.807) is 0 Å². The molecule has 0 saturated heterocycles. The second-order valence-corrected chi connectivity index (χ2v) is 4.79. The summed E-state index contributed by atoms with van der Waals surface area (Å²) in [5.74, 6) is 0. The van der Waals surface area contributed by atoms with Gasteiger partial charge in [0.2, 0.25) is 0 Å². The van der Waals surface area contributed by atoms with E-state index in [1.165, 1.54) is 0 Å². The fourth-order valence-electron chi connectivity index (χ4n) is 1.18. The molecule has 0 saturated carbocycles. The van der Waals surface area contributed by atoms with Crippen LogP contribution in [0, 0.1) is 0 Å². The van der Waals surface area contributed by atoms with Gasteiger partial charge in [-0.1, -0.05) is 0 Å². The van der Waals surface area contributed by atoms with Crippen molar-refractivity contribution in [3.05, 3.63) is 18.0 Å². The van der Waals surface area contributed by atoms with Crippen LogP contribution in [0.25, 0.3) is 0 Å². The number of hydrogen-bond acceptors (Lipinski definition) is 3. The van der Waals surface area contributed by atoms with Crippen molar-refractivity contribution in [2.24, 2.45) is 5.73 Å². The largest absolute Gasteiger partial charge is 0.374 e. The average Bonchev–Trinajstić information content (AvgIpc) is 2.50. The molecule has 0 radical (unpaired) electrons. The molecule has 0 aliphatic rings. The number of ether oxygens (including phenoxy) is 1. The van der Waals surface area contributed by atoms with Crippen LogP contribution in [0.3, 0.4) is 0 Å². The van der Waals surface area contributed by atoms with Crippen LogP contribution in [-0.4, -0.2) is 22.0 Å². The van der Waals surface area contributed by atoms with Crippen LogP contribution in [0.1, 0.15) is 39.3 Å². The maximum Gasteiger partial charge on any atom is 0.0669 e. The number of nitrogens with zero attached hydrogens (tertiary/aromatic N) is 2. The third-order valence-electron chi connectivity index (χ3n) is 2.03. The molecule has 1 aromatic heterocycles. The summed E-state index contributed by atoms with van der Waals surface area (Å²) in [4.78, 5) is 0. The summed E-state index contributed by atoms with van der Waals surface area (Å²) in [6.45, 7) is 9.52. The Hall–Kier alpha value is -0.870. The van der Waals surface area contributed by atoms with Gasteiger partial charge in [-0.15, -0.1) is 0 Å². The van der Waals surface area contributed by atoms with Gasteiger partial charge in [0.05, 0.1) is 24.9 Å². The van der Waals surface area contributed by atoms with E-state index in [4.69, 9.17) is 10.5 Å². The lowest BCUT2D eigenvalue weighted by Gasteiger charge is -2.19. The molecule has 0 amide bonds. The topological polar surface area (TPSA) is 53.1 Å². The van der Waals surface area contributed by atoms with Gasteiger partial charge >= 0.3 is 0 Å². The predicted octanol–water partition coefficient (Wildman–Crippen LogP) is 1.72. The van der Waals surface area contributed by atoms with Crippen molar-refractivity contribution in [2.45, 2.75) is 45.9 Å². The number of rotatable bonds is 4. The normalized spacial score (nSPS) is 14.2. The SMILES string of the molecule is C[C@@H](N)c1cnn(CCOC(C)(C)C)c1. The Morgan fingerprint density at radius 2 is 2.20 bits per heavy atom. The summed E-state index contributed by atoms with van der Waals surface area (Å²) in [6, 6.07) is 0.0438. The molecular formula is C11H21N3O. The molecule has 0 fully saturated rings. The van der Waals surface area contributed by atoms with Crippen LogP contribution in [0.5, 0.6) is 0 Å². The van der Waals surface area contributed by atoms with Gasteiger partial charge in [-0.25, -0.2) is 0 Å². The summed E-state index contributed by atoms with van der Waals surface area (Å²) >= 11 is 0. The summed E-state index contributed by atoms with van der Waals surface area (Å²) in [7, 11) is 0. The van der Waals surface area contributed by atoms with E-state index in [9.17, 15) is 0 Å². The Morgan fingerprint density at radius 1 is 1.53 bits per heavy atom. The zero-order chi connectivity index (χ0) is 11.5. The highest BCUT2D eigenvalue weighted by Crippen LogP contribution is 2.09. The van der Waals surface area contributed by atoms with Crippen LogP contribution in [0.15, 0.2) is 12.4 Å². The number of hydrogen-bond donors (Lipinski definition) is 1. The molecule has 0 aliphatic heterocycles. The summed E-state index contributed by atoms with van der Waals surface area (Å²) in [5.41, 5.74) is 6.72. The minimum Gasteiger partial charge on any atom is -0.374 e. The first kappa shape index (κ1) is 12.2. The minimum absolute atomic E-state index is 0.0438. The van der Waals surface area contributed by atoms with E-state index >= 15 is 0 Å². The molecule has 2 N–H and O–H groups in total. The monoisotopic (exact) mass is 211 g/mol. The molecule has 1 rings (SSSR count). The lowest BCUT2D eigenvalue weighted by atomic mass is 10.2. The van der Waals surface area contributed by atoms with Crippen LogP contribution >= 0.6 is 0 Å². The molecule has 86 valence electrons. The van der Waals surface area contributed by atoms with Gasteiger partial charge < -0.3 is 10.5 Å². The van der Waals surface area contributed by atoms with E-state index in [2.05, 4.69) is 5.10 Å². The van der Waals surface area contributed by atoms with Crippen molar-refractivity contribution in [2.75, 3.05) is 6.61 Å². The van der Waals surface area contributed by atoms with Crippen LogP contribution in [0.2, 0.25) is 0 Å². The molecule has 4 heteroatoms. The van der Waals surface area contributed by atoms with Gasteiger partial charge in [0.25, 0.3) is 0 Å². The smallest absolute Gasteiger partial charge is 0.0669 e. The third kappa shape index (κ3) is 4.44. The second-order valence-electron chi connectivity index (χ2n) is 4.79. The fraction of sp³-hybridized carbons (Fsp3) is 0.727. The van der Waals surface area contributed by atoms with E-state index in [0.29, 0.717) is 6.61 Å². The Kier molecular flexibility index (Phi) is 3.88. The summed E-state index contributed by atoms with van der Waals surface area (Å²) in [5, 5.41) is 4.21. The van der Waals surface area contributed by atoms with Crippen molar-refractivity contribution in [1.82, 2.24) is 9.78 Å². The average molecular weight is 211 g/mol. The molecule has 1 atom stereocenters. The lowest BCUT2D eigenvalue weighted by Crippen LogP contribution is -2.22. The van der Waals surface area contributed by atoms with Crippen molar-refractivity contribution in [3.63, 3.8) is 0 Å². The molecule has 1 aromatic rings. The Morgan fingerprint density at radius 3 is 2.67 bits per heavy atom. The highest BCUT2D eigenvalue weighted by Gasteiger charge is 2.09. The van der Waals surface area contributed by atoms with Crippen molar-refractivity contribution in [3.8, 4) is 0 Å². The van der Waals surface area contributed by atoms with E-state index in [1.807, 2.05) is 44.8 Å². The second kappa shape index (κ2) is 4.77.